The molecule has 8 heteroatoms. The van der Waals surface area contributed by atoms with Crippen molar-refractivity contribution >= 4 is 23.2 Å². The topological polar surface area (TPSA) is 70.5 Å². The number of rotatable bonds is 9. The third-order valence-electron chi connectivity index (χ3n) is 3.80. The molecule has 0 unspecified atom stereocenters. The monoisotopic (exact) mass is 382 g/mol. The van der Waals surface area contributed by atoms with Gasteiger partial charge in [0, 0.05) is 24.9 Å². The van der Waals surface area contributed by atoms with Gasteiger partial charge in [-0.25, -0.2) is 13.8 Å². The van der Waals surface area contributed by atoms with Gasteiger partial charge in [0.05, 0.1) is 17.1 Å². The molecule has 0 radical (unpaired) electrons. The lowest BCUT2D eigenvalue weighted by molar-refractivity contribution is -0.138. The maximum atomic E-state index is 13.4. The number of carbonyl (C=O) groups excluding carboxylic acids is 1. The van der Waals surface area contributed by atoms with Crippen molar-refractivity contribution in [2.75, 3.05) is 6.54 Å². The zero-order valence-corrected chi connectivity index (χ0v) is 15.2. The van der Waals surface area contributed by atoms with Crippen LogP contribution >= 0.6 is 11.3 Å². The third-order valence-corrected chi connectivity index (χ3v) is 4.62. The number of nitrogens with zero attached hydrogens (tertiary/aromatic N) is 2. The van der Waals surface area contributed by atoms with Gasteiger partial charge >= 0.3 is 5.97 Å². The second-order valence-electron chi connectivity index (χ2n) is 5.92. The van der Waals surface area contributed by atoms with E-state index in [0.717, 1.165) is 22.8 Å². The summed E-state index contributed by atoms with van der Waals surface area (Å²) in [7, 11) is 0. The first-order chi connectivity index (χ1) is 12.3. The van der Waals surface area contributed by atoms with Crippen LogP contribution in [0.25, 0.3) is 0 Å². The van der Waals surface area contributed by atoms with E-state index in [2.05, 4.69) is 4.98 Å². The van der Waals surface area contributed by atoms with Crippen molar-refractivity contribution in [3.63, 3.8) is 0 Å². The van der Waals surface area contributed by atoms with Crippen molar-refractivity contribution in [1.29, 1.82) is 0 Å². The quantitative estimate of drug-likeness (QED) is 0.720. The van der Waals surface area contributed by atoms with Crippen LogP contribution in [0.1, 0.15) is 35.5 Å². The summed E-state index contributed by atoms with van der Waals surface area (Å²) in [5.74, 6) is -3.20. The molecule has 0 bridgehead atoms. The van der Waals surface area contributed by atoms with E-state index in [-0.39, 0.29) is 31.8 Å². The van der Waals surface area contributed by atoms with E-state index in [1.165, 1.54) is 11.0 Å². The van der Waals surface area contributed by atoms with E-state index in [0.29, 0.717) is 18.4 Å². The van der Waals surface area contributed by atoms with Crippen molar-refractivity contribution in [3.8, 4) is 0 Å². The van der Waals surface area contributed by atoms with Crippen LogP contribution in [0.4, 0.5) is 8.78 Å². The molecule has 1 N–H and O–H groups in total. The van der Waals surface area contributed by atoms with Gasteiger partial charge in [-0.2, -0.15) is 0 Å². The van der Waals surface area contributed by atoms with E-state index in [9.17, 15) is 18.4 Å². The molecule has 0 fully saturated rings. The van der Waals surface area contributed by atoms with Crippen molar-refractivity contribution in [1.82, 2.24) is 9.88 Å². The number of carboxylic acids is 1. The number of amides is 1. The fraction of sp³-hybridized carbons (Fsp3) is 0.389. The highest BCUT2D eigenvalue weighted by Gasteiger charge is 2.16. The molecule has 1 aromatic carbocycles. The average molecular weight is 382 g/mol. The van der Waals surface area contributed by atoms with Crippen LogP contribution in [0.5, 0.6) is 0 Å². The summed E-state index contributed by atoms with van der Waals surface area (Å²) in [6.45, 7) is 1.97. The number of halogens is 2. The van der Waals surface area contributed by atoms with Crippen molar-refractivity contribution in [3.05, 3.63) is 51.5 Å². The number of hydrogen-bond acceptors (Lipinski definition) is 4. The summed E-state index contributed by atoms with van der Waals surface area (Å²) < 4.78 is 26.4. The van der Waals surface area contributed by atoms with Gasteiger partial charge in [0.1, 0.15) is 0 Å². The molecule has 0 aliphatic carbocycles. The molecule has 2 rings (SSSR count). The van der Waals surface area contributed by atoms with Crippen LogP contribution in [0.3, 0.4) is 0 Å². The lowest BCUT2D eigenvalue weighted by Gasteiger charge is -2.22. The van der Waals surface area contributed by atoms with Crippen LogP contribution < -0.4 is 0 Å². The molecular formula is C18H20F2N2O3S. The first-order valence-corrected chi connectivity index (χ1v) is 9.07. The molecule has 0 aliphatic heterocycles. The summed E-state index contributed by atoms with van der Waals surface area (Å²) >= 11 is 1.55. The predicted octanol–water partition coefficient (Wildman–Crippen LogP) is 3.56. The highest BCUT2D eigenvalue weighted by atomic mass is 32.1. The highest BCUT2D eigenvalue weighted by Crippen LogP contribution is 2.14. The van der Waals surface area contributed by atoms with Gasteiger partial charge in [-0.05, 0) is 37.5 Å². The Bertz CT molecular complexity index is 780. The standard InChI is InChI=1S/C18H20F2N2O3S/c1-12-21-14(11-26-12)3-2-4-17(23)22(8-7-18(24)25)10-13-5-6-15(19)16(20)9-13/h5-6,9,11H,2-4,7-8,10H2,1H3,(H,24,25). The van der Waals surface area contributed by atoms with Gasteiger partial charge in [0.15, 0.2) is 11.6 Å². The normalized spacial score (nSPS) is 10.7. The molecule has 0 aliphatic rings. The number of benzene rings is 1. The molecule has 1 amide bonds. The van der Waals surface area contributed by atoms with Crippen LogP contribution in [0.2, 0.25) is 0 Å². The van der Waals surface area contributed by atoms with Crippen LogP contribution in [0, 0.1) is 18.6 Å². The van der Waals surface area contributed by atoms with Gasteiger partial charge < -0.3 is 10.0 Å². The number of aromatic nitrogens is 1. The Morgan fingerprint density at radius 1 is 1.23 bits per heavy atom. The number of carboxylic acid groups (broad SMARTS) is 1. The second-order valence-corrected chi connectivity index (χ2v) is 6.98. The Morgan fingerprint density at radius 2 is 2.00 bits per heavy atom. The Kier molecular flexibility index (Phi) is 7.20. The summed E-state index contributed by atoms with van der Waals surface area (Å²) in [6.07, 6.45) is 1.28. The molecular weight excluding hydrogens is 362 g/mol. The number of aryl methyl sites for hydroxylation is 2. The molecule has 5 nitrogen and oxygen atoms in total. The minimum absolute atomic E-state index is 0.0168. The zero-order valence-electron chi connectivity index (χ0n) is 14.4. The fourth-order valence-electron chi connectivity index (χ4n) is 2.48. The van der Waals surface area contributed by atoms with Crippen LogP contribution in [-0.2, 0) is 22.6 Å². The maximum absolute atomic E-state index is 13.4. The Balaban J connectivity index is 1.96. The second kappa shape index (κ2) is 9.38. The van der Waals surface area contributed by atoms with E-state index in [1.807, 2.05) is 12.3 Å². The number of carbonyl (C=O) groups is 2. The minimum Gasteiger partial charge on any atom is -0.481 e. The predicted molar refractivity (Wildman–Crippen MR) is 93.8 cm³/mol. The zero-order chi connectivity index (χ0) is 19.1. The van der Waals surface area contributed by atoms with E-state index < -0.39 is 17.6 Å². The van der Waals surface area contributed by atoms with Crippen molar-refractivity contribution in [2.24, 2.45) is 0 Å². The Hall–Kier alpha value is -2.35. The van der Waals surface area contributed by atoms with Crippen molar-refractivity contribution < 1.29 is 23.5 Å². The highest BCUT2D eigenvalue weighted by molar-refractivity contribution is 7.09. The molecule has 1 heterocycles. The van der Waals surface area contributed by atoms with Gasteiger partial charge in [-0.15, -0.1) is 11.3 Å². The number of thiazole rings is 1. The van der Waals surface area contributed by atoms with Crippen LogP contribution in [0.15, 0.2) is 23.6 Å². The summed E-state index contributed by atoms with van der Waals surface area (Å²) in [5, 5.41) is 11.8. The minimum atomic E-state index is -1.02. The SMILES string of the molecule is Cc1nc(CCCC(=O)N(CCC(=O)O)Cc2ccc(F)c(F)c2)cs1. The molecule has 140 valence electrons. The van der Waals surface area contributed by atoms with Crippen molar-refractivity contribution in [2.45, 2.75) is 39.2 Å². The fourth-order valence-corrected chi connectivity index (χ4v) is 3.13. The molecule has 1 aromatic heterocycles. The van der Waals surface area contributed by atoms with E-state index in [4.69, 9.17) is 5.11 Å². The third kappa shape index (κ3) is 6.18. The molecule has 2 aromatic rings. The molecule has 26 heavy (non-hydrogen) atoms. The molecule has 0 saturated carbocycles. The maximum Gasteiger partial charge on any atom is 0.305 e. The molecule has 0 saturated heterocycles. The first-order valence-electron chi connectivity index (χ1n) is 8.19. The number of aliphatic carboxylic acids is 1. The summed E-state index contributed by atoms with van der Waals surface area (Å²) in [4.78, 5) is 29.0. The van der Waals surface area contributed by atoms with Crippen LogP contribution in [-0.4, -0.2) is 33.4 Å². The average Bonchev–Trinajstić information content (AvgIpc) is 2.99. The lowest BCUT2D eigenvalue weighted by atomic mass is 10.1. The summed E-state index contributed by atoms with van der Waals surface area (Å²) in [5.41, 5.74) is 1.34. The van der Waals surface area contributed by atoms with Gasteiger partial charge in [-0.1, -0.05) is 6.07 Å². The lowest BCUT2D eigenvalue weighted by Crippen LogP contribution is -2.32. The molecule has 0 atom stereocenters. The van der Waals surface area contributed by atoms with E-state index >= 15 is 0 Å². The first kappa shape index (κ1) is 20.0. The Labute approximate surface area is 154 Å². The van der Waals surface area contributed by atoms with E-state index in [1.54, 1.807) is 11.3 Å². The van der Waals surface area contributed by atoms with Gasteiger partial charge in [0.25, 0.3) is 0 Å². The number of hydrogen-bond donors (Lipinski definition) is 1. The Morgan fingerprint density at radius 3 is 2.62 bits per heavy atom. The molecule has 0 spiro atoms. The largest absolute Gasteiger partial charge is 0.481 e. The van der Waals surface area contributed by atoms with Gasteiger partial charge in [0.2, 0.25) is 5.91 Å². The van der Waals surface area contributed by atoms with Gasteiger partial charge in [-0.3, -0.25) is 9.59 Å². The summed E-state index contributed by atoms with van der Waals surface area (Å²) in [6, 6.07) is 3.40. The smallest absolute Gasteiger partial charge is 0.305 e.